The Bertz CT molecular complexity index is 1080. The van der Waals surface area contributed by atoms with Crippen molar-refractivity contribution in [3.05, 3.63) is 76.1 Å². The zero-order valence-electron chi connectivity index (χ0n) is 16.5. The summed E-state index contributed by atoms with van der Waals surface area (Å²) < 4.78 is 17.6. The molecule has 7 nitrogen and oxygen atoms in total. The standard InChI is InChI=1S/C22H18FN3O4S/c1-30-22(29)14-4-2-13(3-5-14)17-10-19(27)26-21(18(17)11-24)31-12-20(28)25-16-8-6-15(23)7-9-16/h2-9,17H,10,12H2,1H3,(H,25,28)(H,26,27)/t17-/m0/s1. The number of amides is 2. The zero-order chi connectivity index (χ0) is 22.4. The van der Waals surface area contributed by atoms with Crippen LogP contribution < -0.4 is 10.6 Å². The van der Waals surface area contributed by atoms with Gasteiger partial charge in [0.2, 0.25) is 11.8 Å². The van der Waals surface area contributed by atoms with Crippen molar-refractivity contribution in [1.82, 2.24) is 5.32 Å². The van der Waals surface area contributed by atoms with Gasteiger partial charge in [-0.05, 0) is 42.0 Å². The molecule has 2 aromatic carbocycles. The van der Waals surface area contributed by atoms with Gasteiger partial charge in [-0.1, -0.05) is 23.9 Å². The Hall–Kier alpha value is -3.64. The molecule has 31 heavy (non-hydrogen) atoms. The zero-order valence-corrected chi connectivity index (χ0v) is 17.3. The quantitative estimate of drug-likeness (QED) is 0.669. The predicted molar refractivity (Wildman–Crippen MR) is 113 cm³/mol. The predicted octanol–water partition coefficient (Wildman–Crippen LogP) is 3.32. The highest BCUT2D eigenvalue weighted by molar-refractivity contribution is 8.03. The summed E-state index contributed by atoms with van der Waals surface area (Å²) in [4.78, 5) is 36.1. The Morgan fingerprint density at radius 1 is 1.23 bits per heavy atom. The van der Waals surface area contributed by atoms with Crippen molar-refractivity contribution in [2.45, 2.75) is 12.3 Å². The molecule has 0 aliphatic carbocycles. The Balaban J connectivity index is 1.74. The van der Waals surface area contributed by atoms with Crippen LogP contribution in [0.1, 0.15) is 28.3 Å². The van der Waals surface area contributed by atoms with Gasteiger partial charge in [-0.2, -0.15) is 5.26 Å². The summed E-state index contributed by atoms with van der Waals surface area (Å²) in [5.74, 6) is -2.07. The van der Waals surface area contributed by atoms with Crippen LogP contribution in [0.5, 0.6) is 0 Å². The number of nitrogens with zero attached hydrogens (tertiary/aromatic N) is 1. The number of halogens is 1. The number of hydrogen-bond donors (Lipinski definition) is 2. The third-order valence-corrected chi connectivity index (χ3v) is 5.58. The molecule has 0 fully saturated rings. The van der Waals surface area contributed by atoms with Gasteiger partial charge in [-0.25, -0.2) is 9.18 Å². The normalized spacial score (nSPS) is 15.6. The van der Waals surface area contributed by atoms with Crippen molar-refractivity contribution >= 4 is 35.2 Å². The van der Waals surface area contributed by atoms with Crippen LogP contribution in [0, 0.1) is 17.1 Å². The maximum atomic E-state index is 13.0. The molecule has 0 bridgehead atoms. The van der Waals surface area contributed by atoms with Crippen LogP contribution in [0.25, 0.3) is 0 Å². The van der Waals surface area contributed by atoms with E-state index in [1.807, 2.05) is 0 Å². The molecule has 158 valence electrons. The van der Waals surface area contributed by atoms with Crippen LogP contribution in [-0.4, -0.2) is 30.6 Å². The molecular weight excluding hydrogens is 421 g/mol. The van der Waals surface area contributed by atoms with Gasteiger partial charge in [-0.3, -0.25) is 9.59 Å². The Morgan fingerprint density at radius 2 is 1.90 bits per heavy atom. The van der Waals surface area contributed by atoms with Crippen molar-refractivity contribution in [1.29, 1.82) is 5.26 Å². The largest absolute Gasteiger partial charge is 0.465 e. The first-order chi connectivity index (χ1) is 14.9. The molecule has 0 saturated carbocycles. The second-order valence-corrected chi connectivity index (χ2v) is 7.60. The van der Waals surface area contributed by atoms with Crippen molar-refractivity contribution in [3.63, 3.8) is 0 Å². The summed E-state index contributed by atoms with van der Waals surface area (Å²) in [6, 6.07) is 14.0. The molecule has 0 unspecified atom stereocenters. The lowest BCUT2D eigenvalue weighted by atomic mass is 9.87. The molecule has 1 atom stereocenters. The second kappa shape index (κ2) is 9.91. The molecular formula is C22H18FN3O4S. The third-order valence-electron chi connectivity index (χ3n) is 4.57. The monoisotopic (exact) mass is 439 g/mol. The van der Waals surface area contributed by atoms with Gasteiger partial charge in [0.05, 0.1) is 35.1 Å². The average molecular weight is 439 g/mol. The van der Waals surface area contributed by atoms with E-state index in [-0.39, 0.29) is 24.0 Å². The lowest BCUT2D eigenvalue weighted by Gasteiger charge is -2.25. The van der Waals surface area contributed by atoms with E-state index >= 15 is 0 Å². The number of anilines is 1. The number of methoxy groups -OCH3 is 1. The number of carbonyl (C=O) groups excluding carboxylic acids is 3. The number of rotatable bonds is 6. The number of ether oxygens (including phenoxy) is 1. The smallest absolute Gasteiger partial charge is 0.337 e. The van der Waals surface area contributed by atoms with Crippen molar-refractivity contribution < 1.29 is 23.5 Å². The molecule has 1 aliphatic heterocycles. The summed E-state index contributed by atoms with van der Waals surface area (Å²) in [5, 5.41) is 15.3. The van der Waals surface area contributed by atoms with Crippen LogP contribution in [0.4, 0.5) is 10.1 Å². The first kappa shape index (κ1) is 22.1. The lowest BCUT2D eigenvalue weighted by Crippen LogP contribution is -2.31. The maximum absolute atomic E-state index is 13.0. The van der Waals surface area contributed by atoms with E-state index in [0.717, 1.165) is 11.8 Å². The van der Waals surface area contributed by atoms with Crippen molar-refractivity contribution in [2.24, 2.45) is 0 Å². The van der Waals surface area contributed by atoms with E-state index < -0.39 is 17.7 Å². The Kier molecular flexibility index (Phi) is 7.05. The SMILES string of the molecule is COC(=O)c1ccc([C@@H]2CC(=O)NC(SCC(=O)Nc3ccc(F)cc3)=C2C#N)cc1. The van der Waals surface area contributed by atoms with Crippen LogP contribution >= 0.6 is 11.8 Å². The Morgan fingerprint density at radius 3 is 2.52 bits per heavy atom. The van der Waals surface area contributed by atoms with Gasteiger partial charge in [0.15, 0.2) is 0 Å². The van der Waals surface area contributed by atoms with Crippen LogP contribution in [0.3, 0.4) is 0 Å². The second-order valence-electron chi connectivity index (χ2n) is 6.62. The molecule has 2 amide bonds. The van der Waals surface area contributed by atoms with E-state index in [9.17, 15) is 24.0 Å². The molecule has 1 aliphatic rings. The van der Waals surface area contributed by atoms with Crippen molar-refractivity contribution in [2.75, 3.05) is 18.2 Å². The number of carbonyl (C=O) groups is 3. The highest BCUT2D eigenvalue weighted by Gasteiger charge is 2.30. The number of benzene rings is 2. The fourth-order valence-electron chi connectivity index (χ4n) is 3.06. The van der Waals surface area contributed by atoms with E-state index in [4.69, 9.17) is 0 Å². The summed E-state index contributed by atoms with van der Waals surface area (Å²) >= 11 is 1.04. The summed E-state index contributed by atoms with van der Waals surface area (Å²) in [7, 11) is 1.29. The number of allylic oxidation sites excluding steroid dienone is 1. The van der Waals surface area contributed by atoms with Gasteiger partial charge in [0, 0.05) is 18.0 Å². The van der Waals surface area contributed by atoms with Crippen LogP contribution in [0.15, 0.2) is 59.1 Å². The number of nitrogens with one attached hydrogen (secondary N) is 2. The third kappa shape index (κ3) is 5.49. The minimum atomic E-state index is -0.492. The minimum Gasteiger partial charge on any atom is -0.465 e. The average Bonchev–Trinajstić information content (AvgIpc) is 2.78. The van der Waals surface area contributed by atoms with Crippen LogP contribution in [-0.2, 0) is 14.3 Å². The van der Waals surface area contributed by atoms with E-state index in [1.54, 1.807) is 24.3 Å². The highest BCUT2D eigenvalue weighted by atomic mass is 32.2. The van der Waals surface area contributed by atoms with Gasteiger partial charge in [0.25, 0.3) is 0 Å². The summed E-state index contributed by atoms with van der Waals surface area (Å²) in [6.45, 7) is 0. The topological polar surface area (TPSA) is 108 Å². The first-order valence-electron chi connectivity index (χ1n) is 9.22. The number of hydrogen-bond acceptors (Lipinski definition) is 6. The molecule has 0 spiro atoms. The summed E-state index contributed by atoms with van der Waals surface area (Å²) in [5.41, 5.74) is 1.84. The van der Waals surface area contributed by atoms with Crippen LogP contribution in [0.2, 0.25) is 0 Å². The molecule has 0 saturated heterocycles. The number of nitriles is 1. The molecule has 0 aromatic heterocycles. The fraction of sp³-hybridized carbons (Fsp3) is 0.182. The number of esters is 1. The molecule has 2 aromatic rings. The number of thioether (sulfide) groups is 1. The fourth-order valence-corrected chi connectivity index (χ4v) is 3.93. The lowest BCUT2D eigenvalue weighted by molar-refractivity contribution is -0.121. The molecule has 2 N–H and O–H groups in total. The molecule has 3 rings (SSSR count). The Labute approximate surface area is 182 Å². The van der Waals surface area contributed by atoms with Gasteiger partial charge in [0.1, 0.15) is 5.82 Å². The van der Waals surface area contributed by atoms with Gasteiger partial charge in [-0.15, -0.1) is 0 Å². The first-order valence-corrected chi connectivity index (χ1v) is 10.2. The van der Waals surface area contributed by atoms with E-state index in [0.29, 0.717) is 27.4 Å². The molecule has 9 heteroatoms. The minimum absolute atomic E-state index is 0.0494. The van der Waals surface area contributed by atoms with E-state index in [1.165, 1.54) is 31.4 Å². The maximum Gasteiger partial charge on any atom is 0.337 e. The van der Waals surface area contributed by atoms with Crippen molar-refractivity contribution in [3.8, 4) is 6.07 Å². The van der Waals surface area contributed by atoms with Gasteiger partial charge < -0.3 is 15.4 Å². The summed E-state index contributed by atoms with van der Waals surface area (Å²) in [6.07, 6.45) is 0.0757. The van der Waals surface area contributed by atoms with Gasteiger partial charge >= 0.3 is 5.97 Å². The van der Waals surface area contributed by atoms with E-state index in [2.05, 4.69) is 21.4 Å². The highest BCUT2D eigenvalue weighted by Crippen LogP contribution is 2.36. The molecule has 0 radical (unpaired) electrons. The molecule has 1 heterocycles.